The first-order chi connectivity index (χ1) is 51.2. The van der Waals surface area contributed by atoms with Crippen molar-refractivity contribution in [2.75, 3.05) is 125 Å². The van der Waals surface area contributed by atoms with Gasteiger partial charge in [0.2, 0.25) is 35.4 Å². The Bertz CT molecular complexity index is 2930. The van der Waals surface area contributed by atoms with Gasteiger partial charge in [-0.1, -0.05) is 193 Å². The van der Waals surface area contributed by atoms with E-state index in [1.54, 1.807) is 21.6 Å². The zero-order valence-electron chi connectivity index (χ0n) is 75.8. The van der Waals surface area contributed by atoms with Crippen LogP contribution in [0.1, 0.15) is 277 Å². The van der Waals surface area contributed by atoms with Crippen LogP contribution in [0.15, 0.2) is 29.2 Å². The Morgan fingerprint density at radius 1 is 0.414 bits per heavy atom. The third-order valence-corrected chi connectivity index (χ3v) is 20.0. The minimum Gasteiger partial charge on any atom is -0.342 e. The molecule has 0 spiro atoms. The molecule has 8 aliphatic rings. The number of hydrogen-bond acceptors (Lipinski definition) is 9. The van der Waals surface area contributed by atoms with Gasteiger partial charge in [0.05, 0.1) is 6.54 Å². The third-order valence-electron chi connectivity index (χ3n) is 20.0. The summed E-state index contributed by atoms with van der Waals surface area (Å²) in [6.07, 6.45) is 13.7. The number of carbonyl (C=O) groups is 8. The number of pyridine rings is 1. The minimum atomic E-state index is -2.68. The topological polar surface area (TPSA) is 200 Å². The summed E-state index contributed by atoms with van der Waals surface area (Å²) in [4.78, 5) is 120. The number of nitrogens with one attached hydrogen (secondary N) is 1. The van der Waals surface area contributed by atoms with Crippen LogP contribution in [0.4, 0.5) is 18.4 Å². The van der Waals surface area contributed by atoms with E-state index in [-0.39, 0.29) is 63.9 Å². The van der Waals surface area contributed by atoms with Crippen LogP contribution >= 0.6 is 0 Å². The number of carbonyl (C=O) groups excluding carboxylic acids is 8. The highest BCUT2D eigenvalue weighted by molar-refractivity contribution is 5.84. The number of likely N-dealkylation sites (tertiary alicyclic amines) is 6. The molecule has 10 amide bonds. The van der Waals surface area contributed by atoms with Crippen molar-refractivity contribution in [1.29, 1.82) is 0 Å². The molecular weight excluding hydrogens is 1410 g/mol. The maximum absolute atomic E-state index is 12.9. The maximum Gasteiger partial charge on any atom is 0.319 e. The second-order valence-corrected chi connectivity index (χ2v) is 39.7. The van der Waals surface area contributed by atoms with Crippen LogP contribution in [0, 0.1) is 80.8 Å². The van der Waals surface area contributed by atoms with Crippen LogP contribution in [0.3, 0.4) is 0 Å². The highest BCUT2D eigenvalue weighted by Gasteiger charge is 2.44. The van der Waals surface area contributed by atoms with Gasteiger partial charge in [-0.25, -0.2) is 18.4 Å². The lowest BCUT2D eigenvalue weighted by Crippen LogP contribution is -2.53. The molecule has 1 aromatic heterocycles. The predicted molar refractivity (Wildman–Crippen MR) is 452 cm³/mol. The fourth-order valence-corrected chi connectivity index (χ4v) is 15.3. The molecule has 0 aromatic carbocycles. The van der Waals surface area contributed by atoms with Crippen LogP contribution in [0.25, 0.3) is 0 Å². The summed E-state index contributed by atoms with van der Waals surface area (Å²) < 4.78 is 27.5. The number of alkyl halides is 2. The van der Waals surface area contributed by atoms with Crippen molar-refractivity contribution < 1.29 is 47.1 Å². The van der Waals surface area contributed by atoms with Crippen LogP contribution < -0.4 is 10.9 Å². The average molecular weight is 1570 g/mol. The van der Waals surface area contributed by atoms with Crippen LogP contribution in [-0.2, 0) is 35.3 Å². The lowest BCUT2D eigenvalue weighted by atomic mass is 9.70. The maximum atomic E-state index is 12.9. The second kappa shape index (κ2) is 49.8. The smallest absolute Gasteiger partial charge is 0.319 e. The van der Waals surface area contributed by atoms with Gasteiger partial charge < -0.3 is 54.0 Å². The van der Waals surface area contributed by atoms with Gasteiger partial charge in [-0.3, -0.25) is 33.6 Å². The van der Waals surface area contributed by atoms with Gasteiger partial charge in [-0.2, -0.15) is 0 Å². The van der Waals surface area contributed by atoms with Crippen LogP contribution in [0.2, 0.25) is 0 Å². The number of piperidine rings is 6. The standard InChI is InChI=1S/C13H25NO.2C11H21NO.C10H19NO.C9H15F2NO.C9H18N2O.C9H17NO.C9H13NO.C8H16N2O/c1-10(2)7-14-9-12(3,4)8-13(5,6)11(14)15;1-9(2)8-12-6-5-11(3,4)7-10(12)13;1-9(2)8-12-7-5-6-11(3,4)10(12)13;1-8(2)6-11-7-9(3)4-5-10(11)12;1-7(2)5-12-6-9(10,11)4-3-8(12)13;1-8(2)7-11-6-4-5-10(3)9(11)12;2*1-8(2)7-10-6-4-3-5-9(10)11;1-7(2)6-10-5-3-4-9-8(10)11/h10H,7-9H2,1-6H3;2*9H,5-8H2,1-4H3;8-9H,4-7H2,1-3H3;7H,3-6H2,1-2H3;8H,4-7H2,1-3H3;8H,3-7H2,1-2H3;3-6,8H,7H2,1-2H3;7H,3-6H2,1-2H3,(H,9,11). The summed E-state index contributed by atoms with van der Waals surface area (Å²) in [7, 11) is 1.87. The largest absolute Gasteiger partial charge is 0.342 e. The fourth-order valence-electron chi connectivity index (χ4n) is 15.3. The Kier molecular flexibility index (Phi) is 46.3. The molecule has 22 heteroatoms. The SMILES string of the molecule is CC(C)CN1CC(C)(C)CC(C)(C)C1=O.CC(C)CN1CC(C)CCC1=O.CC(C)CN1CC(F)(F)CCC1=O.CC(C)CN1CCC(C)(C)CC1=O.CC(C)CN1CCCC(C)(C)C1=O.CC(C)CN1CCCCC1=O.CC(C)CN1CCCN(C)C1=O.CC(C)CN1CCCNC1=O.CC(C)Cn1ccccc1=O. The zero-order chi connectivity index (χ0) is 85.1. The molecule has 1 atom stereocenters. The van der Waals surface area contributed by atoms with Gasteiger partial charge in [0.15, 0.2) is 0 Å². The summed E-state index contributed by atoms with van der Waals surface area (Å²) in [5.74, 6) is 4.42. The number of halogens is 2. The molecule has 0 bridgehead atoms. The second-order valence-electron chi connectivity index (χ2n) is 39.7. The first-order valence-corrected chi connectivity index (χ1v) is 42.9. The van der Waals surface area contributed by atoms with Gasteiger partial charge in [0, 0.05) is 180 Å². The fraction of sp³-hybridized carbons (Fsp3) is 0.854. The molecule has 1 aromatic rings. The number of rotatable bonds is 18. The molecule has 644 valence electrons. The predicted octanol–water partition coefficient (Wildman–Crippen LogP) is 16.9. The number of amides is 10. The summed E-state index contributed by atoms with van der Waals surface area (Å²) in [5.41, 5.74) is 0.266. The zero-order valence-corrected chi connectivity index (χ0v) is 75.8. The van der Waals surface area contributed by atoms with Gasteiger partial charge >= 0.3 is 12.1 Å². The van der Waals surface area contributed by atoms with E-state index in [1.807, 2.05) is 67.5 Å². The van der Waals surface area contributed by atoms with Crippen molar-refractivity contribution in [3.8, 4) is 0 Å². The number of aromatic nitrogens is 1. The van der Waals surface area contributed by atoms with Gasteiger partial charge in [0.1, 0.15) is 0 Å². The number of hydrogen-bond donors (Lipinski definition) is 1. The van der Waals surface area contributed by atoms with E-state index in [9.17, 15) is 51.9 Å². The highest BCUT2D eigenvalue weighted by Crippen LogP contribution is 2.41. The first kappa shape index (κ1) is 103. The van der Waals surface area contributed by atoms with Crippen molar-refractivity contribution >= 4 is 47.5 Å². The Balaban J connectivity index is 0.000000625. The molecule has 0 saturated carbocycles. The molecule has 8 fully saturated rings. The third kappa shape index (κ3) is 43.5. The van der Waals surface area contributed by atoms with E-state index >= 15 is 0 Å². The van der Waals surface area contributed by atoms with E-state index in [2.05, 4.69) is 178 Å². The van der Waals surface area contributed by atoms with Crippen LogP contribution in [-0.4, -0.2) is 227 Å². The quantitative estimate of drug-likeness (QED) is 0.148. The lowest BCUT2D eigenvalue weighted by Gasteiger charge is -2.46. The van der Waals surface area contributed by atoms with Gasteiger partial charge in [-0.15, -0.1) is 0 Å². The molecule has 8 aliphatic heterocycles. The molecule has 111 heavy (non-hydrogen) atoms. The molecule has 20 nitrogen and oxygen atoms in total. The number of urea groups is 2. The first-order valence-electron chi connectivity index (χ1n) is 42.9. The molecular formula is C89H165F2N11O9. The van der Waals surface area contributed by atoms with E-state index in [1.165, 1.54) is 11.3 Å². The van der Waals surface area contributed by atoms with Crippen molar-refractivity contribution in [1.82, 2.24) is 54.0 Å². The average Bonchev–Trinajstić information content (AvgIpc) is 0.785. The molecule has 1 unspecified atom stereocenters. The van der Waals surface area contributed by atoms with Crippen molar-refractivity contribution in [3.05, 3.63) is 34.7 Å². The minimum absolute atomic E-state index is 0.0142. The lowest BCUT2D eigenvalue weighted by molar-refractivity contribution is -0.150. The number of nitrogens with zero attached hydrogens (tertiary/aromatic N) is 10. The van der Waals surface area contributed by atoms with Gasteiger partial charge in [-0.05, 0) is 134 Å². The summed E-state index contributed by atoms with van der Waals surface area (Å²) in [6.45, 7) is 73.1. The highest BCUT2D eigenvalue weighted by atomic mass is 19.3. The van der Waals surface area contributed by atoms with Gasteiger partial charge in [0.25, 0.3) is 11.5 Å². The normalized spacial score (nSPS) is 20.9. The van der Waals surface area contributed by atoms with Crippen molar-refractivity contribution in [3.63, 3.8) is 0 Å². The van der Waals surface area contributed by atoms with Crippen molar-refractivity contribution in [2.24, 2.45) is 80.8 Å². The molecule has 0 radical (unpaired) electrons. The summed E-state index contributed by atoms with van der Waals surface area (Å²) in [5, 5.41) is 2.82. The Morgan fingerprint density at radius 3 is 1.39 bits per heavy atom. The monoisotopic (exact) mass is 1570 g/mol. The molecule has 8 saturated heterocycles. The molecule has 9 heterocycles. The Morgan fingerprint density at radius 2 is 0.865 bits per heavy atom. The Labute approximate surface area is 675 Å². The van der Waals surface area contributed by atoms with Crippen molar-refractivity contribution in [2.45, 2.75) is 289 Å². The Hall–Kier alpha value is -5.83. The van der Waals surface area contributed by atoms with E-state index in [0.717, 1.165) is 182 Å². The molecule has 0 aliphatic carbocycles. The molecule has 1 N–H and O–H groups in total. The van der Waals surface area contributed by atoms with Crippen LogP contribution in [0.5, 0.6) is 0 Å². The summed E-state index contributed by atoms with van der Waals surface area (Å²) in [6, 6.07) is 5.52. The van der Waals surface area contributed by atoms with E-state index < -0.39 is 12.5 Å². The van der Waals surface area contributed by atoms with E-state index in [0.29, 0.717) is 89.3 Å². The summed E-state index contributed by atoms with van der Waals surface area (Å²) >= 11 is 0. The molecule has 9 rings (SSSR count). The van der Waals surface area contributed by atoms with E-state index in [4.69, 9.17) is 0 Å².